The summed E-state index contributed by atoms with van der Waals surface area (Å²) in [5.41, 5.74) is 5.76. The molecular formula is C16H18N2O4. The molecule has 0 fully saturated rings. The van der Waals surface area contributed by atoms with E-state index in [0.29, 0.717) is 19.3 Å². The van der Waals surface area contributed by atoms with Crippen molar-refractivity contribution in [1.29, 1.82) is 0 Å². The molecule has 3 N–H and O–H groups in total. The Balaban J connectivity index is 2.79. The van der Waals surface area contributed by atoms with Crippen LogP contribution in [0.25, 0.3) is 0 Å². The van der Waals surface area contributed by atoms with Gasteiger partial charge in [-0.1, -0.05) is 6.07 Å². The van der Waals surface area contributed by atoms with E-state index in [4.69, 9.17) is 12.2 Å². The molecule has 0 radical (unpaired) electrons. The van der Waals surface area contributed by atoms with Crippen LogP contribution in [0.5, 0.6) is 0 Å². The average Bonchev–Trinajstić information content (AvgIpc) is 2.53. The number of hydrogen-bond acceptors (Lipinski definition) is 4. The van der Waals surface area contributed by atoms with Gasteiger partial charge in [0.25, 0.3) is 5.91 Å². The van der Waals surface area contributed by atoms with Crippen molar-refractivity contribution >= 4 is 17.8 Å². The lowest BCUT2D eigenvalue weighted by Gasteiger charge is -2.15. The Labute approximate surface area is 129 Å². The minimum atomic E-state index is -0.803. The van der Waals surface area contributed by atoms with Gasteiger partial charge in [-0.2, -0.15) is 0 Å². The molecular weight excluding hydrogens is 284 g/mol. The second kappa shape index (κ2) is 8.47. The van der Waals surface area contributed by atoms with Gasteiger partial charge in [-0.3, -0.25) is 9.59 Å². The number of primary amides is 1. The highest BCUT2D eigenvalue weighted by Crippen LogP contribution is 2.08. The number of esters is 1. The molecule has 0 saturated carbocycles. The maximum Gasteiger partial charge on any atom is 0.337 e. The average molecular weight is 302 g/mol. The molecule has 0 aliphatic rings. The first-order valence-electron chi connectivity index (χ1n) is 6.71. The van der Waals surface area contributed by atoms with E-state index in [-0.39, 0.29) is 11.1 Å². The normalized spacial score (nSPS) is 11.1. The van der Waals surface area contributed by atoms with Crippen LogP contribution in [0.3, 0.4) is 0 Å². The quantitative estimate of drug-likeness (QED) is 0.443. The fourth-order valence-corrected chi connectivity index (χ4v) is 1.84. The molecule has 1 rings (SSSR count). The van der Waals surface area contributed by atoms with E-state index in [1.807, 2.05) is 0 Å². The Morgan fingerprint density at radius 2 is 2.05 bits per heavy atom. The molecule has 1 aromatic rings. The summed E-state index contributed by atoms with van der Waals surface area (Å²) in [4.78, 5) is 35.0. The molecule has 0 bridgehead atoms. The first-order chi connectivity index (χ1) is 10.5. The van der Waals surface area contributed by atoms with Gasteiger partial charge in [-0.15, -0.1) is 12.3 Å². The maximum absolute atomic E-state index is 12.1. The van der Waals surface area contributed by atoms with Gasteiger partial charge in [0.15, 0.2) is 0 Å². The summed E-state index contributed by atoms with van der Waals surface area (Å²) in [6.07, 6.45) is 6.58. The lowest BCUT2D eigenvalue weighted by atomic mass is 10.1. The van der Waals surface area contributed by atoms with Crippen molar-refractivity contribution in [3.63, 3.8) is 0 Å². The molecule has 1 atom stereocenters. The fraction of sp³-hybridized carbons (Fsp3) is 0.312. The van der Waals surface area contributed by atoms with Gasteiger partial charge in [0.05, 0.1) is 12.7 Å². The van der Waals surface area contributed by atoms with E-state index in [9.17, 15) is 14.4 Å². The van der Waals surface area contributed by atoms with Crippen LogP contribution in [0.2, 0.25) is 0 Å². The summed E-state index contributed by atoms with van der Waals surface area (Å²) in [6.45, 7) is 0. The second-order valence-electron chi connectivity index (χ2n) is 4.60. The number of nitrogens with two attached hydrogens (primary N) is 1. The van der Waals surface area contributed by atoms with Crippen LogP contribution >= 0.6 is 0 Å². The zero-order valence-corrected chi connectivity index (χ0v) is 12.3. The zero-order valence-electron chi connectivity index (χ0n) is 12.3. The Morgan fingerprint density at radius 1 is 1.36 bits per heavy atom. The highest BCUT2D eigenvalue weighted by Gasteiger charge is 2.19. The standard InChI is InChI=1S/C16H18N2O4/c1-3-4-5-9-13(14(17)19)18-15(20)11-7-6-8-12(10-11)16(21)22-2/h1,6-8,10,13H,4-5,9H2,2H3,(H2,17,19)(H,18,20)/t13-/m1/s1. The minimum absolute atomic E-state index is 0.242. The summed E-state index contributed by atoms with van der Waals surface area (Å²) >= 11 is 0. The summed E-state index contributed by atoms with van der Waals surface area (Å²) < 4.78 is 4.59. The second-order valence-corrected chi connectivity index (χ2v) is 4.60. The fourth-order valence-electron chi connectivity index (χ4n) is 1.84. The van der Waals surface area contributed by atoms with Crippen LogP contribution in [0.15, 0.2) is 24.3 Å². The van der Waals surface area contributed by atoms with Gasteiger partial charge < -0.3 is 15.8 Å². The van der Waals surface area contributed by atoms with Crippen LogP contribution in [0.1, 0.15) is 40.0 Å². The minimum Gasteiger partial charge on any atom is -0.465 e. The Kier molecular flexibility index (Phi) is 6.64. The van der Waals surface area contributed by atoms with Crippen LogP contribution in [-0.4, -0.2) is 30.9 Å². The lowest BCUT2D eigenvalue weighted by molar-refractivity contribution is -0.120. The predicted molar refractivity (Wildman–Crippen MR) is 80.9 cm³/mol. The highest BCUT2D eigenvalue weighted by molar-refractivity contribution is 5.99. The Bertz CT molecular complexity index is 604. The van der Waals surface area contributed by atoms with Gasteiger partial charge in [0, 0.05) is 12.0 Å². The Morgan fingerprint density at radius 3 is 2.64 bits per heavy atom. The maximum atomic E-state index is 12.1. The van der Waals surface area contributed by atoms with Crippen molar-refractivity contribution in [3.8, 4) is 12.3 Å². The van der Waals surface area contributed by atoms with E-state index < -0.39 is 23.8 Å². The summed E-state index contributed by atoms with van der Waals surface area (Å²) in [5.74, 6) is 0.790. The SMILES string of the molecule is C#CCCC[C@@H](NC(=O)c1cccc(C(=O)OC)c1)C(N)=O. The summed E-state index contributed by atoms with van der Waals surface area (Å²) in [7, 11) is 1.25. The third-order valence-corrected chi connectivity index (χ3v) is 3.01. The number of carbonyl (C=O) groups is 3. The van der Waals surface area contributed by atoms with E-state index in [1.54, 1.807) is 6.07 Å². The zero-order chi connectivity index (χ0) is 16.5. The van der Waals surface area contributed by atoms with Crippen LogP contribution in [-0.2, 0) is 9.53 Å². The molecule has 6 heteroatoms. The monoisotopic (exact) mass is 302 g/mol. The number of hydrogen-bond donors (Lipinski definition) is 2. The molecule has 116 valence electrons. The van der Waals surface area contributed by atoms with Crippen LogP contribution in [0.4, 0.5) is 0 Å². The number of methoxy groups -OCH3 is 1. The number of terminal acetylenes is 1. The molecule has 0 spiro atoms. The van der Waals surface area contributed by atoms with Crippen LogP contribution < -0.4 is 11.1 Å². The number of carbonyl (C=O) groups excluding carboxylic acids is 3. The topological polar surface area (TPSA) is 98.5 Å². The summed E-state index contributed by atoms with van der Waals surface area (Å²) in [5, 5.41) is 2.54. The molecule has 0 unspecified atom stereocenters. The van der Waals surface area contributed by atoms with Crippen molar-refractivity contribution < 1.29 is 19.1 Å². The van der Waals surface area contributed by atoms with Crippen molar-refractivity contribution in [1.82, 2.24) is 5.32 Å². The number of benzene rings is 1. The highest BCUT2D eigenvalue weighted by atomic mass is 16.5. The largest absolute Gasteiger partial charge is 0.465 e. The summed E-state index contributed by atoms with van der Waals surface area (Å²) in [6, 6.07) is 5.20. The number of ether oxygens (including phenoxy) is 1. The molecule has 0 aromatic heterocycles. The number of amides is 2. The first-order valence-corrected chi connectivity index (χ1v) is 6.71. The van der Waals surface area contributed by atoms with Gasteiger partial charge in [0.2, 0.25) is 5.91 Å². The molecule has 2 amide bonds. The van der Waals surface area contributed by atoms with Crippen LogP contribution in [0, 0.1) is 12.3 Å². The molecule has 0 aliphatic carbocycles. The molecule has 0 saturated heterocycles. The Hall–Kier alpha value is -2.81. The number of rotatable bonds is 7. The number of nitrogens with one attached hydrogen (secondary N) is 1. The smallest absolute Gasteiger partial charge is 0.337 e. The van der Waals surface area contributed by atoms with Crippen molar-refractivity contribution in [2.75, 3.05) is 7.11 Å². The van der Waals surface area contributed by atoms with E-state index in [2.05, 4.69) is 16.0 Å². The first kappa shape index (κ1) is 17.2. The van der Waals surface area contributed by atoms with Crippen molar-refractivity contribution in [2.45, 2.75) is 25.3 Å². The van der Waals surface area contributed by atoms with E-state index in [0.717, 1.165) is 0 Å². The van der Waals surface area contributed by atoms with E-state index in [1.165, 1.54) is 25.3 Å². The van der Waals surface area contributed by atoms with Gasteiger partial charge >= 0.3 is 5.97 Å². The van der Waals surface area contributed by atoms with Crippen molar-refractivity contribution in [2.24, 2.45) is 5.73 Å². The third-order valence-electron chi connectivity index (χ3n) is 3.01. The van der Waals surface area contributed by atoms with Gasteiger partial charge in [-0.05, 0) is 31.0 Å². The third kappa shape index (κ3) is 4.94. The molecule has 0 heterocycles. The van der Waals surface area contributed by atoms with E-state index >= 15 is 0 Å². The predicted octanol–water partition coefficient (Wildman–Crippen LogP) is 0.860. The molecule has 0 aliphatic heterocycles. The van der Waals surface area contributed by atoms with Crippen molar-refractivity contribution in [3.05, 3.63) is 35.4 Å². The molecule has 22 heavy (non-hydrogen) atoms. The van der Waals surface area contributed by atoms with Gasteiger partial charge in [-0.25, -0.2) is 4.79 Å². The molecule has 1 aromatic carbocycles. The molecule has 6 nitrogen and oxygen atoms in total. The lowest BCUT2D eigenvalue weighted by Crippen LogP contribution is -2.44. The van der Waals surface area contributed by atoms with Gasteiger partial charge in [0.1, 0.15) is 6.04 Å². The number of unbranched alkanes of at least 4 members (excludes halogenated alkanes) is 1.